The average Bonchev–Trinajstić information content (AvgIpc) is 3.37. The predicted molar refractivity (Wildman–Crippen MR) is 136 cm³/mol. The number of benzene rings is 2. The predicted octanol–water partition coefficient (Wildman–Crippen LogP) is 3.90. The summed E-state index contributed by atoms with van der Waals surface area (Å²) in [6, 6.07) is 14.7. The van der Waals surface area contributed by atoms with Crippen molar-refractivity contribution in [3.05, 3.63) is 76.1 Å². The van der Waals surface area contributed by atoms with E-state index >= 15 is 0 Å². The SMILES string of the molecule is CCC(C(=O)Nc1cccc(C)c1)n1nc(-c2ccc(C)c(S(=O)(=O)N3CCCC3)c2)ccc1=O. The molecule has 9 heteroatoms. The van der Waals surface area contributed by atoms with Gasteiger partial charge in [-0.2, -0.15) is 9.40 Å². The van der Waals surface area contributed by atoms with E-state index in [-0.39, 0.29) is 10.8 Å². The van der Waals surface area contributed by atoms with Crippen LogP contribution in [0.4, 0.5) is 5.69 Å². The molecule has 1 atom stereocenters. The van der Waals surface area contributed by atoms with E-state index in [0.29, 0.717) is 42.0 Å². The summed E-state index contributed by atoms with van der Waals surface area (Å²) in [6.45, 7) is 6.55. The zero-order chi connectivity index (χ0) is 25.2. The quantitative estimate of drug-likeness (QED) is 0.537. The number of rotatable bonds is 7. The van der Waals surface area contributed by atoms with Gasteiger partial charge in [-0.15, -0.1) is 0 Å². The van der Waals surface area contributed by atoms with Crippen molar-refractivity contribution in [1.82, 2.24) is 14.1 Å². The van der Waals surface area contributed by atoms with Crippen LogP contribution in [0.2, 0.25) is 0 Å². The molecule has 2 aromatic carbocycles. The van der Waals surface area contributed by atoms with Gasteiger partial charge in [-0.25, -0.2) is 13.1 Å². The second-order valence-corrected chi connectivity index (χ2v) is 10.8. The lowest BCUT2D eigenvalue weighted by Gasteiger charge is -2.19. The number of aromatic nitrogens is 2. The van der Waals surface area contributed by atoms with E-state index in [0.717, 1.165) is 18.4 Å². The second-order valence-electron chi connectivity index (χ2n) is 8.88. The highest BCUT2D eigenvalue weighted by atomic mass is 32.2. The number of aryl methyl sites for hydroxylation is 2. The van der Waals surface area contributed by atoms with Gasteiger partial charge in [0.05, 0.1) is 10.6 Å². The van der Waals surface area contributed by atoms with Crippen LogP contribution in [-0.4, -0.2) is 41.5 Å². The minimum Gasteiger partial charge on any atom is -0.324 e. The van der Waals surface area contributed by atoms with E-state index in [1.807, 2.05) is 32.0 Å². The van der Waals surface area contributed by atoms with Crippen molar-refractivity contribution < 1.29 is 13.2 Å². The first-order valence-corrected chi connectivity index (χ1v) is 13.2. The molecule has 1 fully saturated rings. The van der Waals surface area contributed by atoms with Crippen LogP contribution >= 0.6 is 0 Å². The number of hydrogen-bond donors (Lipinski definition) is 1. The molecule has 1 saturated heterocycles. The average molecular weight is 495 g/mol. The van der Waals surface area contributed by atoms with Crippen LogP contribution in [0.1, 0.15) is 43.4 Å². The zero-order valence-electron chi connectivity index (χ0n) is 20.2. The number of anilines is 1. The summed E-state index contributed by atoms with van der Waals surface area (Å²) in [4.78, 5) is 26.0. The molecule has 35 heavy (non-hydrogen) atoms. The number of sulfonamides is 1. The summed E-state index contributed by atoms with van der Waals surface area (Å²) in [5, 5.41) is 7.34. The molecule has 0 saturated carbocycles. The van der Waals surface area contributed by atoms with Crippen LogP contribution < -0.4 is 10.9 Å². The molecule has 184 valence electrons. The molecule has 8 nitrogen and oxygen atoms in total. The van der Waals surface area contributed by atoms with Crippen molar-refractivity contribution >= 4 is 21.6 Å². The summed E-state index contributed by atoms with van der Waals surface area (Å²) in [7, 11) is -3.62. The molecule has 0 spiro atoms. The van der Waals surface area contributed by atoms with Gasteiger partial charge in [0.15, 0.2) is 0 Å². The first kappa shape index (κ1) is 24.8. The summed E-state index contributed by atoms with van der Waals surface area (Å²) in [5.41, 5.74) is 2.88. The van der Waals surface area contributed by atoms with Crippen LogP contribution in [-0.2, 0) is 14.8 Å². The highest BCUT2D eigenvalue weighted by Crippen LogP contribution is 2.28. The Labute approximate surface area is 205 Å². The number of hydrogen-bond acceptors (Lipinski definition) is 5. The van der Waals surface area contributed by atoms with Gasteiger partial charge in [0.1, 0.15) is 6.04 Å². The second kappa shape index (κ2) is 10.1. The van der Waals surface area contributed by atoms with Crippen molar-refractivity contribution in [1.29, 1.82) is 0 Å². The largest absolute Gasteiger partial charge is 0.324 e. The third kappa shape index (κ3) is 5.21. The number of nitrogens with one attached hydrogen (secondary N) is 1. The molecule has 1 aliphatic rings. The van der Waals surface area contributed by atoms with Gasteiger partial charge in [0, 0.05) is 30.4 Å². The minimum absolute atomic E-state index is 0.237. The lowest BCUT2D eigenvalue weighted by atomic mass is 10.1. The number of nitrogens with zero attached hydrogens (tertiary/aromatic N) is 3. The Morgan fingerprint density at radius 3 is 2.49 bits per heavy atom. The highest BCUT2D eigenvalue weighted by molar-refractivity contribution is 7.89. The summed E-state index contributed by atoms with van der Waals surface area (Å²) in [6.07, 6.45) is 2.07. The van der Waals surface area contributed by atoms with Crippen molar-refractivity contribution in [3.8, 4) is 11.3 Å². The highest BCUT2D eigenvalue weighted by Gasteiger charge is 2.29. The van der Waals surface area contributed by atoms with Crippen LogP contribution in [0, 0.1) is 13.8 Å². The van der Waals surface area contributed by atoms with E-state index in [1.54, 1.807) is 37.3 Å². The zero-order valence-corrected chi connectivity index (χ0v) is 21.0. The molecular weight excluding hydrogens is 464 g/mol. The van der Waals surface area contributed by atoms with Gasteiger partial charge in [-0.1, -0.05) is 31.2 Å². The summed E-state index contributed by atoms with van der Waals surface area (Å²) >= 11 is 0. The van der Waals surface area contributed by atoms with E-state index in [4.69, 9.17) is 0 Å². The number of amides is 1. The van der Waals surface area contributed by atoms with Gasteiger partial charge in [-0.3, -0.25) is 9.59 Å². The molecule has 1 aromatic heterocycles. The van der Waals surface area contributed by atoms with Crippen LogP contribution in [0.25, 0.3) is 11.3 Å². The molecule has 1 amide bonds. The Morgan fingerprint density at radius 1 is 1.06 bits per heavy atom. The van der Waals surface area contributed by atoms with E-state index in [9.17, 15) is 18.0 Å². The maximum Gasteiger partial charge on any atom is 0.267 e. The molecular formula is C26H30N4O4S. The minimum atomic E-state index is -3.62. The Bertz CT molecular complexity index is 1410. The van der Waals surface area contributed by atoms with Gasteiger partial charge >= 0.3 is 0 Å². The molecule has 1 unspecified atom stereocenters. The normalized spacial score (nSPS) is 15.2. The molecule has 2 heterocycles. The van der Waals surface area contributed by atoms with Gasteiger partial charge in [0.2, 0.25) is 15.9 Å². The van der Waals surface area contributed by atoms with E-state index in [1.165, 1.54) is 15.1 Å². The first-order chi connectivity index (χ1) is 16.7. The van der Waals surface area contributed by atoms with E-state index < -0.39 is 21.6 Å². The number of carbonyl (C=O) groups is 1. The fourth-order valence-corrected chi connectivity index (χ4v) is 6.09. The fraction of sp³-hybridized carbons (Fsp3) is 0.346. The number of carbonyl (C=O) groups excluding carboxylic acids is 1. The van der Waals surface area contributed by atoms with Crippen LogP contribution in [0.15, 0.2) is 64.3 Å². The molecule has 0 aliphatic carbocycles. The molecule has 1 N–H and O–H groups in total. The van der Waals surface area contributed by atoms with Crippen molar-refractivity contribution in [2.45, 2.75) is 51.0 Å². The summed E-state index contributed by atoms with van der Waals surface area (Å²) in [5.74, 6) is -0.342. The van der Waals surface area contributed by atoms with Gasteiger partial charge in [-0.05, 0) is 68.5 Å². The van der Waals surface area contributed by atoms with Gasteiger partial charge < -0.3 is 5.32 Å². The molecule has 1 aliphatic heterocycles. The Balaban J connectivity index is 1.68. The monoisotopic (exact) mass is 494 g/mol. The third-order valence-electron chi connectivity index (χ3n) is 6.26. The first-order valence-electron chi connectivity index (χ1n) is 11.8. The van der Waals surface area contributed by atoms with Crippen LogP contribution in [0.3, 0.4) is 0 Å². The summed E-state index contributed by atoms with van der Waals surface area (Å²) < 4.78 is 29.1. The Morgan fingerprint density at radius 2 is 1.80 bits per heavy atom. The molecule has 0 bridgehead atoms. The van der Waals surface area contributed by atoms with Crippen molar-refractivity contribution in [2.75, 3.05) is 18.4 Å². The Kier molecular flexibility index (Phi) is 7.18. The molecule has 3 aromatic rings. The lowest BCUT2D eigenvalue weighted by molar-refractivity contribution is -0.119. The topological polar surface area (TPSA) is 101 Å². The maximum absolute atomic E-state index is 13.2. The Hall–Kier alpha value is -3.30. The van der Waals surface area contributed by atoms with E-state index in [2.05, 4.69) is 10.4 Å². The lowest BCUT2D eigenvalue weighted by Crippen LogP contribution is -2.34. The standard InChI is InChI=1S/C26H30N4O4S/c1-4-23(26(32)27-21-9-7-8-18(2)16-21)30-25(31)13-12-22(28-30)20-11-10-19(3)24(17-20)35(33,34)29-14-5-6-15-29/h7-13,16-17,23H,4-6,14-15H2,1-3H3,(H,27,32). The fourth-order valence-electron chi connectivity index (χ4n) is 4.33. The smallest absolute Gasteiger partial charge is 0.267 e. The van der Waals surface area contributed by atoms with Crippen molar-refractivity contribution in [2.24, 2.45) is 0 Å². The van der Waals surface area contributed by atoms with Gasteiger partial charge in [0.25, 0.3) is 5.56 Å². The molecule has 4 rings (SSSR count). The third-order valence-corrected chi connectivity index (χ3v) is 8.30. The molecule has 0 radical (unpaired) electrons. The van der Waals surface area contributed by atoms with Crippen molar-refractivity contribution in [3.63, 3.8) is 0 Å². The van der Waals surface area contributed by atoms with Crippen LogP contribution in [0.5, 0.6) is 0 Å². The maximum atomic E-state index is 13.2.